The van der Waals surface area contributed by atoms with E-state index in [9.17, 15) is 14.4 Å². The van der Waals surface area contributed by atoms with E-state index in [2.05, 4.69) is 10.3 Å². The lowest BCUT2D eigenvalue weighted by atomic mass is 10.1. The van der Waals surface area contributed by atoms with E-state index in [4.69, 9.17) is 4.74 Å². The Bertz CT molecular complexity index is 1160. The van der Waals surface area contributed by atoms with Crippen molar-refractivity contribution in [2.75, 3.05) is 27.7 Å². The second-order valence-corrected chi connectivity index (χ2v) is 7.20. The number of carbonyl (C=O) groups is 1. The molecular formula is C22H26N4O4. The Balaban J connectivity index is 1.82. The van der Waals surface area contributed by atoms with Crippen LogP contribution in [0.2, 0.25) is 0 Å². The first kappa shape index (κ1) is 21.3. The molecule has 0 radical (unpaired) electrons. The van der Waals surface area contributed by atoms with Crippen LogP contribution in [-0.2, 0) is 6.54 Å². The van der Waals surface area contributed by atoms with Gasteiger partial charge in [0, 0.05) is 18.7 Å². The summed E-state index contributed by atoms with van der Waals surface area (Å²) in [6.07, 6.45) is 0. The molecule has 0 saturated carbocycles. The van der Waals surface area contributed by atoms with Crippen LogP contribution in [0.3, 0.4) is 0 Å². The second-order valence-electron chi connectivity index (χ2n) is 7.20. The first-order valence-electron chi connectivity index (χ1n) is 9.71. The summed E-state index contributed by atoms with van der Waals surface area (Å²) >= 11 is 0. The average Bonchev–Trinajstić information content (AvgIpc) is 2.74. The highest BCUT2D eigenvalue weighted by Gasteiger charge is 2.17. The number of benzene rings is 2. The summed E-state index contributed by atoms with van der Waals surface area (Å²) in [5, 5.41) is 2.95. The molecule has 0 unspecified atom stereocenters. The Hall–Kier alpha value is -3.39. The van der Waals surface area contributed by atoms with Gasteiger partial charge in [0.2, 0.25) is 0 Å². The number of ether oxygens (including phenoxy) is 1. The lowest BCUT2D eigenvalue weighted by molar-refractivity contribution is 0.0942. The molecule has 2 aromatic carbocycles. The fourth-order valence-corrected chi connectivity index (χ4v) is 3.45. The van der Waals surface area contributed by atoms with E-state index in [-0.39, 0.29) is 11.9 Å². The molecule has 1 amide bonds. The van der Waals surface area contributed by atoms with Crippen molar-refractivity contribution in [2.45, 2.75) is 19.5 Å². The molecule has 0 saturated heterocycles. The summed E-state index contributed by atoms with van der Waals surface area (Å²) in [5.41, 5.74) is 1.20. The second kappa shape index (κ2) is 8.96. The Kier molecular flexibility index (Phi) is 6.37. The number of nitrogens with zero attached hydrogens (tertiary/aromatic N) is 2. The molecule has 0 bridgehead atoms. The molecule has 0 aliphatic carbocycles. The Morgan fingerprint density at radius 2 is 1.87 bits per heavy atom. The minimum atomic E-state index is -0.700. The number of fused-ring (bicyclic) bond motifs is 1. The van der Waals surface area contributed by atoms with E-state index in [1.807, 2.05) is 43.3 Å². The number of aromatic amines is 1. The van der Waals surface area contributed by atoms with Crippen LogP contribution >= 0.6 is 0 Å². The van der Waals surface area contributed by atoms with Crippen LogP contribution in [0.4, 0.5) is 0 Å². The summed E-state index contributed by atoms with van der Waals surface area (Å²) < 4.78 is 6.59. The molecule has 0 fully saturated rings. The number of likely N-dealkylation sites (N-methyl/N-ethyl adjacent to an activating group) is 1. The van der Waals surface area contributed by atoms with Crippen LogP contribution in [-0.4, -0.2) is 48.1 Å². The van der Waals surface area contributed by atoms with E-state index in [0.717, 1.165) is 11.3 Å². The highest BCUT2D eigenvalue weighted by atomic mass is 16.5. The maximum absolute atomic E-state index is 12.7. The molecule has 2 N–H and O–H groups in total. The van der Waals surface area contributed by atoms with Crippen molar-refractivity contribution in [3.63, 3.8) is 0 Å². The molecule has 0 aliphatic heterocycles. The molecule has 8 nitrogen and oxygen atoms in total. The number of methoxy groups -OCH3 is 1. The van der Waals surface area contributed by atoms with Crippen LogP contribution < -0.4 is 21.2 Å². The van der Waals surface area contributed by atoms with Gasteiger partial charge in [-0.25, -0.2) is 0 Å². The zero-order valence-electron chi connectivity index (χ0n) is 17.6. The summed E-state index contributed by atoms with van der Waals surface area (Å²) in [5.74, 6) is 0.517. The zero-order valence-corrected chi connectivity index (χ0v) is 17.6. The number of rotatable bonds is 7. The number of H-pyrrole nitrogens is 1. The van der Waals surface area contributed by atoms with Gasteiger partial charge in [0.1, 0.15) is 5.75 Å². The number of hydrogen-bond acceptors (Lipinski definition) is 5. The SMILES string of the molecule is CCn1c(=O)c(=O)[nH]c2cc(C(=O)NC[C@@H](c3ccc(OC)cc3)N(C)C)ccc21. The van der Waals surface area contributed by atoms with Crippen LogP contribution in [0.25, 0.3) is 11.0 Å². The third-order valence-electron chi connectivity index (χ3n) is 5.13. The van der Waals surface area contributed by atoms with E-state index < -0.39 is 11.1 Å². The monoisotopic (exact) mass is 410 g/mol. The standard InChI is InChI=1S/C22H26N4O4/c1-5-26-18-11-8-15(12-17(18)24-21(28)22(26)29)20(27)23-13-19(25(2)3)14-6-9-16(30-4)10-7-14/h6-12,19H,5,13H2,1-4H3,(H,23,27)(H,24,28)/t19-/m0/s1. The Morgan fingerprint density at radius 1 is 1.17 bits per heavy atom. The van der Waals surface area contributed by atoms with E-state index in [0.29, 0.717) is 29.7 Å². The smallest absolute Gasteiger partial charge is 0.316 e. The summed E-state index contributed by atoms with van der Waals surface area (Å²) in [7, 11) is 5.52. The molecule has 158 valence electrons. The van der Waals surface area contributed by atoms with Crippen LogP contribution in [0.1, 0.15) is 28.9 Å². The van der Waals surface area contributed by atoms with Gasteiger partial charge in [-0.3, -0.25) is 14.4 Å². The van der Waals surface area contributed by atoms with Gasteiger partial charge in [-0.2, -0.15) is 0 Å². The van der Waals surface area contributed by atoms with Gasteiger partial charge < -0.3 is 24.5 Å². The molecular weight excluding hydrogens is 384 g/mol. The van der Waals surface area contributed by atoms with Crippen molar-refractivity contribution in [3.05, 3.63) is 74.3 Å². The van der Waals surface area contributed by atoms with Gasteiger partial charge in [0.05, 0.1) is 24.2 Å². The van der Waals surface area contributed by atoms with Crippen molar-refractivity contribution in [3.8, 4) is 5.75 Å². The zero-order chi connectivity index (χ0) is 21.8. The maximum atomic E-state index is 12.7. The molecule has 1 heterocycles. The lowest BCUT2D eigenvalue weighted by Gasteiger charge is -2.25. The number of aryl methyl sites for hydroxylation is 1. The van der Waals surface area contributed by atoms with Gasteiger partial charge in [-0.15, -0.1) is 0 Å². The van der Waals surface area contributed by atoms with Crippen LogP contribution in [0.5, 0.6) is 5.75 Å². The van der Waals surface area contributed by atoms with Crippen molar-refractivity contribution in [1.82, 2.24) is 19.8 Å². The van der Waals surface area contributed by atoms with E-state index in [1.165, 1.54) is 4.57 Å². The predicted molar refractivity (Wildman–Crippen MR) is 116 cm³/mol. The summed E-state index contributed by atoms with van der Waals surface area (Å²) in [4.78, 5) is 41.2. The first-order chi connectivity index (χ1) is 14.3. The van der Waals surface area contributed by atoms with Crippen LogP contribution in [0, 0.1) is 0 Å². The van der Waals surface area contributed by atoms with Crippen molar-refractivity contribution in [2.24, 2.45) is 0 Å². The maximum Gasteiger partial charge on any atom is 0.316 e. The number of aromatic nitrogens is 2. The number of amides is 1. The molecule has 3 rings (SSSR count). The third-order valence-corrected chi connectivity index (χ3v) is 5.13. The van der Waals surface area contributed by atoms with Gasteiger partial charge in [-0.05, 0) is 56.9 Å². The van der Waals surface area contributed by atoms with E-state index >= 15 is 0 Å². The molecule has 8 heteroatoms. The topological polar surface area (TPSA) is 96.4 Å². The highest BCUT2D eigenvalue weighted by molar-refractivity contribution is 5.97. The lowest BCUT2D eigenvalue weighted by Crippen LogP contribution is -2.36. The minimum Gasteiger partial charge on any atom is -0.497 e. The number of hydrogen-bond donors (Lipinski definition) is 2. The molecule has 0 aliphatic rings. The largest absolute Gasteiger partial charge is 0.497 e. The first-order valence-corrected chi connectivity index (χ1v) is 9.71. The van der Waals surface area contributed by atoms with Crippen molar-refractivity contribution in [1.29, 1.82) is 0 Å². The van der Waals surface area contributed by atoms with Gasteiger partial charge in [0.15, 0.2) is 0 Å². The quantitative estimate of drug-likeness (QED) is 0.579. The van der Waals surface area contributed by atoms with Crippen molar-refractivity contribution < 1.29 is 9.53 Å². The Morgan fingerprint density at radius 3 is 2.47 bits per heavy atom. The third kappa shape index (κ3) is 4.28. The van der Waals surface area contributed by atoms with Crippen molar-refractivity contribution >= 4 is 16.9 Å². The molecule has 1 aromatic heterocycles. The number of nitrogens with one attached hydrogen (secondary N) is 2. The molecule has 1 atom stereocenters. The molecule has 0 spiro atoms. The minimum absolute atomic E-state index is 0.0228. The predicted octanol–water partition coefficient (Wildman–Crippen LogP) is 1.75. The fraction of sp³-hybridized carbons (Fsp3) is 0.318. The number of carbonyl (C=O) groups excluding carboxylic acids is 1. The van der Waals surface area contributed by atoms with Gasteiger partial charge >= 0.3 is 11.1 Å². The van der Waals surface area contributed by atoms with Crippen LogP contribution in [0.15, 0.2) is 52.1 Å². The molecule has 30 heavy (non-hydrogen) atoms. The normalized spacial score (nSPS) is 12.2. The highest BCUT2D eigenvalue weighted by Crippen LogP contribution is 2.21. The van der Waals surface area contributed by atoms with Gasteiger partial charge in [-0.1, -0.05) is 12.1 Å². The summed E-state index contributed by atoms with van der Waals surface area (Å²) in [6, 6.07) is 12.6. The van der Waals surface area contributed by atoms with E-state index in [1.54, 1.807) is 32.2 Å². The average molecular weight is 410 g/mol. The molecule has 3 aromatic rings. The van der Waals surface area contributed by atoms with Gasteiger partial charge in [0.25, 0.3) is 5.91 Å². The summed E-state index contributed by atoms with van der Waals surface area (Å²) in [6.45, 7) is 2.57. The fourth-order valence-electron chi connectivity index (χ4n) is 3.45. The Labute approximate surface area is 174 Å².